The summed E-state index contributed by atoms with van der Waals surface area (Å²) in [5, 5.41) is 3.33. The molecule has 0 aliphatic rings. The van der Waals surface area contributed by atoms with Crippen LogP contribution in [0, 0.1) is 0 Å². The van der Waals surface area contributed by atoms with Crippen molar-refractivity contribution >= 4 is 9.84 Å². The van der Waals surface area contributed by atoms with Gasteiger partial charge in [-0.05, 0) is 38.1 Å². The van der Waals surface area contributed by atoms with Crippen molar-refractivity contribution in [1.82, 2.24) is 5.32 Å². The second-order valence-corrected chi connectivity index (χ2v) is 7.11. The molecule has 0 bridgehead atoms. The van der Waals surface area contributed by atoms with E-state index in [1.807, 2.05) is 32.0 Å². The van der Waals surface area contributed by atoms with E-state index >= 15 is 0 Å². The molecule has 0 saturated heterocycles. The maximum absolute atomic E-state index is 11.9. The summed E-state index contributed by atoms with van der Waals surface area (Å²) in [4.78, 5) is 0. The molecule has 1 aromatic carbocycles. The number of hydrogen-bond acceptors (Lipinski definition) is 4. The van der Waals surface area contributed by atoms with E-state index in [0.29, 0.717) is 12.4 Å². The first-order chi connectivity index (χ1) is 9.43. The van der Waals surface area contributed by atoms with Gasteiger partial charge in [0.15, 0.2) is 9.84 Å². The van der Waals surface area contributed by atoms with Crippen LogP contribution in [-0.2, 0) is 15.6 Å². The molecule has 114 valence electrons. The van der Waals surface area contributed by atoms with Gasteiger partial charge in [0.05, 0.1) is 12.4 Å². The van der Waals surface area contributed by atoms with E-state index in [4.69, 9.17) is 4.74 Å². The Balaban J connectivity index is 3.11. The van der Waals surface area contributed by atoms with Gasteiger partial charge in [-0.25, -0.2) is 8.42 Å². The quantitative estimate of drug-likeness (QED) is 0.802. The van der Waals surface area contributed by atoms with Crippen LogP contribution < -0.4 is 10.1 Å². The zero-order valence-electron chi connectivity index (χ0n) is 12.8. The summed E-state index contributed by atoms with van der Waals surface area (Å²) in [6.45, 7) is 9.08. The van der Waals surface area contributed by atoms with Crippen molar-refractivity contribution < 1.29 is 13.2 Å². The highest BCUT2D eigenvalue weighted by Gasteiger charge is 2.15. The number of ether oxygens (including phenoxy) is 1. The maximum Gasteiger partial charge on any atom is 0.154 e. The van der Waals surface area contributed by atoms with Gasteiger partial charge in [0.2, 0.25) is 0 Å². The molecule has 0 heterocycles. The average Bonchev–Trinajstić information content (AvgIpc) is 2.41. The van der Waals surface area contributed by atoms with Gasteiger partial charge < -0.3 is 10.1 Å². The molecule has 0 aliphatic heterocycles. The predicted molar refractivity (Wildman–Crippen MR) is 82.9 cm³/mol. The van der Waals surface area contributed by atoms with E-state index in [2.05, 4.69) is 12.2 Å². The van der Waals surface area contributed by atoms with E-state index in [-0.39, 0.29) is 17.5 Å². The minimum Gasteiger partial charge on any atom is -0.494 e. The number of rotatable bonds is 8. The normalized spacial score (nSPS) is 13.2. The SMILES string of the molecule is CCNC(C)c1ccc(OCC)c(CS(=O)(=O)CC)c1. The van der Waals surface area contributed by atoms with E-state index in [9.17, 15) is 8.42 Å². The lowest BCUT2D eigenvalue weighted by Crippen LogP contribution is -2.18. The molecule has 0 amide bonds. The van der Waals surface area contributed by atoms with Crippen molar-refractivity contribution in [1.29, 1.82) is 0 Å². The highest BCUT2D eigenvalue weighted by atomic mass is 32.2. The second kappa shape index (κ2) is 7.64. The largest absolute Gasteiger partial charge is 0.494 e. The summed E-state index contributed by atoms with van der Waals surface area (Å²) in [6, 6.07) is 5.98. The van der Waals surface area contributed by atoms with Crippen LogP contribution in [0.5, 0.6) is 5.75 Å². The van der Waals surface area contributed by atoms with Gasteiger partial charge in [0, 0.05) is 17.4 Å². The minimum atomic E-state index is -3.07. The van der Waals surface area contributed by atoms with Crippen LogP contribution in [0.15, 0.2) is 18.2 Å². The molecule has 5 heteroatoms. The average molecular weight is 299 g/mol. The molecule has 20 heavy (non-hydrogen) atoms. The highest BCUT2D eigenvalue weighted by molar-refractivity contribution is 7.90. The van der Waals surface area contributed by atoms with E-state index in [1.165, 1.54) is 0 Å². The molecule has 0 saturated carbocycles. The summed E-state index contributed by atoms with van der Waals surface area (Å²) < 4.78 is 29.3. The van der Waals surface area contributed by atoms with E-state index in [1.54, 1.807) is 6.92 Å². The Morgan fingerprint density at radius 2 is 1.95 bits per heavy atom. The monoisotopic (exact) mass is 299 g/mol. The third kappa shape index (κ3) is 4.80. The first-order valence-corrected chi connectivity index (χ1v) is 8.95. The van der Waals surface area contributed by atoms with Gasteiger partial charge in [-0.1, -0.05) is 19.9 Å². The molecule has 1 atom stereocenters. The van der Waals surface area contributed by atoms with Crippen LogP contribution in [0.3, 0.4) is 0 Å². The van der Waals surface area contributed by atoms with Gasteiger partial charge in [0.1, 0.15) is 5.75 Å². The fourth-order valence-corrected chi connectivity index (χ4v) is 2.94. The molecule has 1 rings (SSSR count). The summed E-state index contributed by atoms with van der Waals surface area (Å²) in [7, 11) is -3.07. The van der Waals surface area contributed by atoms with Crippen LogP contribution in [0.25, 0.3) is 0 Å². The molecule has 0 fully saturated rings. The van der Waals surface area contributed by atoms with Crippen LogP contribution in [-0.4, -0.2) is 27.3 Å². The highest BCUT2D eigenvalue weighted by Crippen LogP contribution is 2.25. The Morgan fingerprint density at radius 3 is 2.50 bits per heavy atom. The molecule has 1 aromatic rings. The van der Waals surface area contributed by atoms with Gasteiger partial charge in [0.25, 0.3) is 0 Å². The Labute approximate surface area is 122 Å². The van der Waals surface area contributed by atoms with Crippen molar-refractivity contribution in [3.05, 3.63) is 29.3 Å². The zero-order chi connectivity index (χ0) is 15.2. The van der Waals surface area contributed by atoms with Gasteiger partial charge >= 0.3 is 0 Å². The number of sulfone groups is 1. The number of benzene rings is 1. The third-order valence-corrected chi connectivity index (χ3v) is 4.84. The summed E-state index contributed by atoms with van der Waals surface area (Å²) >= 11 is 0. The molecule has 1 N–H and O–H groups in total. The Kier molecular flexibility index (Phi) is 6.49. The molecule has 0 aromatic heterocycles. The lowest BCUT2D eigenvalue weighted by Gasteiger charge is -2.16. The molecule has 1 unspecified atom stereocenters. The molecule has 0 radical (unpaired) electrons. The van der Waals surface area contributed by atoms with Crippen molar-refractivity contribution in [3.8, 4) is 5.75 Å². The molecule has 0 aliphatic carbocycles. The smallest absolute Gasteiger partial charge is 0.154 e. The van der Waals surface area contributed by atoms with Crippen LogP contribution in [0.1, 0.15) is 44.9 Å². The van der Waals surface area contributed by atoms with Crippen molar-refractivity contribution in [2.45, 2.75) is 39.5 Å². The topological polar surface area (TPSA) is 55.4 Å². The Morgan fingerprint density at radius 1 is 1.25 bits per heavy atom. The summed E-state index contributed by atoms with van der Waals surface area (Å²) in [5.41, 5.74) is 1.83. The summed E-state index contributed by atoms with van der Waals surface area (Å²) in [5.74, 6) is 0.842. The van der Waals surface area contributed by atoms with E-state index < -0.39 is 9.84 Å². The predicted octanol–water partition coefficient (Wildman–Crippen LogP) is 2.69. The maximum atomic E-state index is 11.9. The van der Waals surface area contributed by atoms with Crippen LogP contribution in [0.4, 0.5) is 0 Å². The lowest BCUT2D eigenvalue weighted by atomic mass is 10.0. The number of nitrogens with one attached hydrogen (secondary N) is 1. The minimum absolute atomic E-state index is 0.0333. The Bertz CT molecular complexity index is 526. The van der Waals surface area contributed by atoms with Gasteiger partial charge in [-0.3, -0.25) is 0 Å². The first-order valence-electron chi connectivity index (χ1n) is 7.12. The molecule has 0 spiro atoms. The van der Waals surface area contributed by atoms with Crippen LogP contribution >= 0.6 is 0 Å². The fourth-order valence-electron chi connectivity index (χ4n) is 2.04. The lowest BCUT2D eigenvalue weighted by molar-refractivity contribution is 0.337. The summed E-state index contributed by atoms with van der Waals surface area (Å²) in [6.07, 6.45) is 0. The molecular weight excluding hydrogens is 274 g/mol. The van der Waals surface area contributed by atoms with Gasteiger partial charge in [-0.15, -0.1) is 0 Å². The fraction of sp³-hybridized carbons (Fsp3) is 0.600. The molecule has 4 nitrogen and oxygen atoms in total. The Hall–Kier alpha value is -1.07. The third-order valence-electron chi connectivity index (χ3n) is 3.21. The number of hydrogen-bond donors (Lipinski definition) is 1. The van der Waals surface area contributed by atoms with Gasteiger partial charge in [-0.2, -0.15) is 0 Å². The zero-order valence-corrected chi connectivity index (χ0v) is 13.6. The van der Waals surface area contributed by atoms with Crippen molar-refractivity contribution in [2.24, 2.45) is 0 Å². The first kappa shape index (κ1) is 17.0. The molecular formula is C15H25NO3S. The van der Waals surface area contributed by atoms with E-state index in [0.717, 1.165) is 17.7 Å². The van der Waals surface area contributed by atoms with Crippen LogP contribution in [0.2, 0.25) is 0 Å². The van der Waals surface area contributed by atoms with Crippen molar-refractivity contribution in [3.63, 3.8) is 0 Å². The second-order valence-electron chi connectivity index (χ2n) is 4.76. The standard InChI is InChI=1S/C15H25NO3S/c1-5-16-12(4)13-8-9-15(19-6-2)14(10-13)11-20(17,18)7-3/h8-10,12,16H,5-7,11H2,1-4H3. The van der Waals surface area contributed by atoms with Crippen molar-refractivity contribution in [2.75, 3.05) is 18.9 Å².